The number of Topliss-reactive ketones (excluding diaryl/α,β-unsaturated/α-hetero) is 1. The van der Waals surface area contributed by atoms with Crippen LogP contribution in [0.2, 0.25) is 0 Å². The Morgan fingerprint density at radius 1 is 0.547 bits per heavy atom. The van der Waals surface area contributed by atoms with E-state index in [-0.39, 0.29) is 22.7 Å². The molecule has 0 fully saturated rings. The van der Waals surface area contributed by atoms with Crippen molar-refractivity contribution in [2.75, 3.05) is 30.2 Å². The van der Waals surface area contributed by atoms with Gasteiger partial charge in [-0.15, -0.1) is 0 Å². The second kappa shape index (κ2) is 12.5. The van der Waals surface area contributed by atoms with Crippen LogP contribution in [0.4, 0.5) is 17.1 Å². The second-order valence-electron chi connectivity index (χ2n) is 16.7. The van der Waals surface area contributed by atoms with Crippen LogP contribution >= 0.6 is 0 Å². The van der Waals surface area contributed by atoms with Crippen molar-refractivity contribution in [3.05, 3.63) is 201 Å². The van der Waals surface area contributed by atoms with E-state index in [0.29, 0.717) is 49.8 Å². The molecule has 10 heteroatoms. The van der Waals surface area contributed by atoms with Crippen LogP contribution in [0.15, 0.2) is 156 Å². The minimum atomic E-state index is -1.27. The molecule has 0 saturated carbocycles. The van der Waals surface area contributed by atoms with Crippen molar-refractivity contribution in [3.8, 4) is 22.3 Å². The molecule has 64 heavy (non-hydrogen) atoms. The largest absolute Gasteiger partial charge is 0.506 e. The van der Waals surface area contributed by atoms with Gasteiger partial charge in [-0.2, -0.15) is 0 Å². The molecule has 3 aliphatic carbocycles. The Balaban J connectivity index is 1.04. The lowest BCUT2D eigenvalue weighted by Gasteiger charge is -2.42. The lowest BCUT2D eigenvalue weighted by molar-refractivity contribution is -0.109. The molecule has 0 aromatic heterocycles. The number of hydrogen-bond acceptors (Lipinski definition) is 10. The number of fused-ring (bicyclic) bond motifs is 10. The van der Waals surface area contributed by atoms with E-state index in [2.05, 4.69) is 16.0 Å². The molecule has 2 atom stereocenters. The lowest BCUT2D eigenvalue weighted by atomic mass is 9.79. The number of ketones is 1. The summed E-state index contributed by atoms with van der Waals surface area (Å²) in [6, 6.07) is 46.6. The summed E-state index contributed by atoms with van der Waals surface area (Å²) in [7, 11) is 2.74. The van der Waals surface area contributed by atoms with E-state index in [9.17, 15) is 14.7 Å². The fourth-order valence-corrected chi connectivity index (χ4v) is 11.1. The van der Waals surface area contributed by atoms with Gasteiger partial charge in [0.05, 0.1) is 53.2 Å². The number of allylic oxidation sites excluding steroid dienone is 2. The van der Waals surface area contributed by atoms with Crippen LogP contribution in [-0.2, 0) is 25.6 Å². The van der Waals surface area contributed by atoms with E-state index in [1.807, 2.05) is 133 Å². The first kappa shape index (κ1) is 36.2. The van der Waals surface area contributed by atoms with Gasteiger partial charge in [-0.1, -0.05) is 121 Å². The number of aliphatic hydroxyl groups is 1. The maximum absolute atomic E-state index is 15.1. The van der Waals surface area contributed by atoms with E-state index < -0.39 is 23.3 Å². The molecule has 2 heterocycles. The predicted octanol–water partition coefficient (Wildman–Crippen LogP) is 8.91. The molecule has 0 amide bonds. The molecule has 0 radical (unpaired) electrons. The van der Waals surface area contributed by atoms with Crippen LogP contribution in [0.5, 0.6) is 0 Å². The van der Waals surface area contributed by atoms with Crippen LogP contribution in [0.25, 0.3) is 54.9 Å². The number of carbonyl (C=O) groups excluding carboxylic acids is 3. The fourth-order valence-electron chi connectivity index (χ4n) is 11.1. The number of nitrogens with one attached hydrogen (secondary N) is 3. The lowest BCUT2D eigenvalue weighted by Crippen LogP contribution is -2.46. The maximum Gasteiger partial charge on any atom is 0.338 e. The predicted molar refractivity (Wildman–Crippen MR) is 246 cm³/mol. The summed E-state index contributed by atoms with van der Waals surface area (Å²) in [5.74, 6) is -1.46. The highest BCUT2D eigenvalue weighted by atomic mass is 16.5. The summed E-state index contributed by atoms with van der Waals surface area (Å²) in [5.41, 5.74) is 7.89. The zero-order valence-electron chi connectivity index (χ0n) is 34.3. The number of esters is 2. The molecule has 8 aromatic rings. The summed E-state index contributed by atoms with van der Waals surface area (Å²) in [6.45, 7) is 0. The molecule has 2 aliphatic heterocycles. The highest BCUT2D eigenvalue weighted by molar-refractivity contribution is 6.52. The summed E-state index contributed by atoms with van der Waals surface area (Å²) < 4.78 is 10.6. The number of nitrogens with zero attached hydrogens (tertiary/aromatic N) is 1. The number of anilines is 3. The normalized spacial score (nSPS) is 19.8. The van der Waals surface area contributed by atoms with Gasteiger partial charge in [0.15, 0.2) is 11.3 Å². The number of hydrogen-bond donors (Lipinski definition) is 4. The van der Waals surface area contributed by atoms with Gasteiger partial charge in [0.2, 0.25) is 5.78 Å². The Bertz CT molecular complexity index is 3720. The number of benzene rings is 8. The second-order valence-corrected chi connectivity index (χ2v) is 16.7. The third-order valence-corrected chi connectivity index (χ3v) is 13.7. The first-order valence-corrected chi connectivity index (χ1v) is 21.0. The molecule has 0 bridgehead atoms. The number of methoxy groups -OCH3 is 2. The Hall–Kier alpha value is -8.50. The molecule has 2 spiro atoms. The van der Waals surface area contributed by atoms with Crippen molar-refractivity contribution in [1.82, 2.24) is 0 Å². The van der Waals surface area contributed by atoms with Crippen molar-refractivity contribution in [2.24, 2.45) is 4.99 Å². The Kier molecular flexibility index (Phi) is 7.09. The summed E-state index contributed by atoms with van der Waals surface area (Å²) in [6.07, 6.45) is 0. The van der Waals surface area contributed by atoms with Crippen LogP contribution in [0.3, 0.4) is 0 Å². The average molecular weight is 835 g/mol. The Labute approximate surface area is 364 Å². The molecule has 8 aromatic carbocycles. The molecule has 2 unspecified atom stereocenters. The van der Waals surface area contributed by atoms with Gasteiger partial charge in [0.25, 0.3) is 0 Å². The third kappa shape index (κ3) is 4.38. The zero-order chi connectivity index (χ0) is 43.2. The van der Waals surface area contributed by atoms with E-state index >= 15 is 4.79 Å². The molecular weight excluding hydrogens is 801 g/mol. The van der Waals surface area contributed by atoms with Crippen molar-refractivity contribution in [1.29, 1.82) is 0 Å². The summed E-state index contributed by atoms with van der Waals surface area (Å²) in [5, 5.41) is 28.5. The molecule has 13 rings (SSSR count). The van der Waals surface area contributed by atoms with Gasteiger partial charge in [0.1, 0.15) is 5.76 Å². The Morgan fingerprint density at radius 3 is 1.89 bits per heavy atom. The van der Waals surface area contributed by atoms with E-state index in [1.54, 1.807) is 12.1 Å². The van der Waals surface area contributed by atoms with Gasteiger partial charge >= 0.3 is 11.9 Å². The molecular formula is C54H34N4O6. The molecule has 306 valence electrons. The van der Waals surface area contributed by atoms with Gasteiger partial charge < -0.3 is 30.5 Å². The maximum atomic E-state index is 15.1. The van der Waals surface area contributed by atoms with Crippen LogP contribution < -0.4 is 26.5 Å². The number of aliphatic hydroxyl groups excluding tert-OH is 1. The fraction of sp³-hybridized carbons (Fsp3) is 0.0741. The third-order valence-electron chi connectivity index (χ3n) is 13.7. The summed E-state index contributed by atoms with van der Waals surface area (Å²) >= 11 is 0. The van der Waals surface area contributed by atoms with Gasteiger partial charge in [-0.25, -0.2) is 14.6 Å². The topological polar surface area (TPSA) is 138 Å². The number of ether oxygens (including phenoxy) is 2. The molecule has 4 N–H and O–H groups in total. The summed E-state index contributed by atoms with van der Waals surface area (Å²) in [4.78, 5) is 47.5. The van der Waals surface area contributed by atoms with Crippen LogP contribution in [0, 0.1) is 0 Å². The van der Waals surface area contributed by atoms with Gasteiger partial charge in [-0.05, 0) is 57.3 Å². The molecule has 10 nitrogen and oxygen atoms in total. The molecule has 5 aliphatic rings. The smallest absolute Gasteiger partial charge is 0.338 e. The van der Waals surface area contributed by atoms with Crippen LogP contribution in [0.1, 0.15) is 48.5 Å². The van der Waals surface area contributed by atoms with Crippen molar-refractivity contribution in [2.45, 2.75) is 11.3 Å². The van der Waals surface area contributed by atoms with E-state index in [1.165, 1.54) is 14.2 Å². The minimum absolute atomic E-state index is 0.149. The van der Waals surface area contributed by atoms with E-state index in [4.69, 9.17) is 14.5 Å². The van der Waals surface area contributed by atoms with Crippen molar-refractivity contribution >= 4 is 67.5 Å². The van der Waals surface area contributed by atoms with Gasteiger partial charge in [0, 0.05) is 49.5 Å². The highest BCUT2D eigenvalue weighted by Crippen LogP contribution is 2.57. The number of carbonyl (C=O) groups is 3. The number of rotatable bonds is 3. The molecule has 0 saturated heterocycles. The van der Waals surface area contributed by atoms with Crippen molar-refractivity contribution < 1.29 is 29.0 Å². The first-order valence-electron chi connectivity index (χ1n) is 21.0. The first-order chi connectivity index (χ1) is 31.3. The quantitative estimate of drug-likeness (QED) is 0.129. The van der Waals surface area contributed by atoms with Crippen LogP contribution in [-0.4, -0.2) is 37.0 Å². The monoisotopic (exact) mass is 834 g/mol. The van der Waals surface area contributed by atoms with Crippen molar-refractivity contribution in [3.63, 3.8) is 0 Å². The van der Waals surface area contributed by atoms with Gasteiger partial charge in [-0.3, -0.25) is 4.79 Å². The SMILES string of the molecule is COC(=O)c1cccc2c1C1(N=c3cccc4cc/c(=C5\C(=O)C(c6ccc7cccc8c7c6NC6(N8)c7ccccc7-c7cccc(C(=O)OC)c76)=C5O)c(c34)N1)c1ccccc1-2. The highest BCUT2D eigenvalue weighted by Gasteiger charge is 2.51. The minimum Gasteiger partial charge on any atom is -0.506 e. The Morgan fingerprint density at radius 2 is 1.16 bits per heavy atom. The zero-order valence-corrected chi connectivity index (χ0v) is 34.3. The standard InChI is InChI=1S/C54H34N4O6/c1-63-51(61)35-17-9-15-31-29-13-3-5-19-37(29)53(45(31)35)55-39-21-7-11-27-23-25-33(47(57-53)41(27)39)43-49(59)44(50(43)60)34-26-24-28-12-8-22-40-42(28)48(34)58-54(56-40)38-20-6-4-14-30(38)32-16-10-18-36(46(32)54)52(62)64-2/h3-26,55,57-59H,1-2H3/b44-34+. The average Bonchev–Trinajstić information content (AvgIpc) is 3.75. The van der Waals surface area contributed by atoms with E-state index in [0.717, 1.165) is 60.6 Å².